The maximum Gasteiger partial charge on any atom is 0.315 e. The van der Waals surface area contributed by atoms with Crippen LogP contribution in [0.1, 0.15) is 38.9 Å². The van der Waals surface area contributed by atoms with E-state index in [2.05, 4.69) is 5.32 Å². The molecule has 3 N–H and O–H groups in total. The van der Waals surface area contributed by atoms with Crippen LogP contribution in [0.15, 0.2) is 54.6 Å². The number of halogens is 1. The first-order valence-corrected chi connectivity index (χ1v) is 10.2. The van der Waals surface area contributed by atoms with Gasteiger partial charge in [-0.05, 0) is 43.3 Å². The number of carbonyl (C=O) groups excluding carboxylic acids is 3. The highest BCUT2D eigenvalue weighted by molar-refractivity contribution is 6.34. The molecule has 1 aliphatic heterocycles. The topological polar surface area (TPSA) is 97.4 Å². The number of anilines is 1. The van der Waals surface area contributed by atoms with Crippen molar-refractivity contribution in [2.24, 2.45) is 5.73 Å². The van der Waals surface area contributed by atoms with E-state index in [1.165, 1.54) is 11.8 Å². The minimum Gasteiger partial charge on any atom is -0.351 e. The quantitative estimate of drug-likeness (QED) is 0.604. The number of urea groups is 1. The molecule has 1 aromatic heterocycles. The van der Waals surface area contributed by atoms with Crippen LogP contribution in [0.5, 0.6) is 0 Å². The van der Waals surface area contributed by atoms with Gasteiger partial charge in [0.05, 0.1) is 12.1 Å². The van der Waals surface area contributed by atoms with E-state index in [1.807, 2.05) is 34.9 Å². The number of amides is 3. The normalized spacial score (nSPS) is 12.9. The van der Waals surface area contributed by atoms with Crippen LogP contribution in [0, 0.1) is 0 Å². The van der Waals surface area contributed by atoms with Crippen LogP contribution in [0.4, 0.5) is 10.5 Å². The largest absolute Gasteiger partial charge is 0.351 e. The van der Waals surface area contributed by atoms with Gasteiger partial charge >= 0.3 is 6.03 Å². The van der Waals surface area contributed by atoms with E-state index in [0.29, 0.717) is 35.3 Å². The Kier molecular flexibility index (Phi) is 5.52. The van der Waals surface area contributed by atoms with Crippen LogP contribution in [0.3, 0.4) is 0 Å². The summed E-state index contributed by atoms with van der Waals surface area (Å²) < 4.78 is 1.85. The lowest BCUT2D eigenvalue weighted by atomic mass is 10.0. The van der Waals surface area contributed by atoms with Crippen LogP contribution < -0.4 is 11.1 Å². The highest BCUT2D eigenvalue weighted by Gasteiger charge is 2.32. The fraction of sp³-hybridized carbons (Fsp3) is 0.174. The number of nitrogens with two attached hydrogens (primary N) is 1. The minimum atomic E-state index is -0.541. The number of Topliss-reactive ketones (excluding diaryl/α,β-unsaturated/α-hetero) is 1. The molecular formula is C23H21ClN4O3. The van der Waals surface area contributed by atoms with Gasteiger partial charge in [0.25, 0.3) is 5.91 Å². The Labute approximate surface area is 184 Å². The average molecular weight is 437 g/mol. The monoisotopic (exact) mass is 436 g/mol. The third-order valence-electron chi connectivity index (χ3n) is 5.39. The van der Waals surface area contributed by atoms with Gasteiger partial charge in [-0.3, -0.25) is 9.59 Å². The summed E-state index contributed by atoms with van der Waals surface area (Å²) >= 11 is 6.73. The Morgan fingerprint density at radius 2 is 1.71 bits per heavy atom. The molecule has 2 aromatic carbocycles. The molecule has 0 fully saturated rings. The summed E-state index contributed by atoms with van der Waals surface area (Å²) in [5.74, 6) is -0.445. The zero-order valence-electron chi connectivity index (χ0n) is 16.9. The van der Waals surface area contributed by atoms with E-state index in [9.17, 15) is 14.4 Å². The summed E-state index contributed by atoms with van der Waals surface area (Å²) in [6.07, 6.45) is 0.521. The number of hydrogen-bond acceptors (Lipinski definition) is 3. The first-order valence-electron chi connectivity index (χ1n) is 9.81. The number of nitrogens with one attached hydrogen (secondary N) is 1. The first kappa shape index (κ1) is 20.7. The number of carbonyl (C=O) groups is 3. The van der Waals surface area contributed by atoms with Gasteiger partial charge in [0.15, 0.2) is 5.78 Å². The van der Waals surface area contributed by atoms with Crippen LogP contribution >= 0.6 is 11.6 Å². The molecule has 0 atom stereocenters. The van der Waals surface area contributed by atoms with E-state index in [4.69, 9.17) is 17.3 Å². The van der Waals surface area contributed by atoms with Crippen molar-refractivity contribution in [3.05, 3.63) is 82.1 Å². The Morgan fingerprint density at radius 3 is 2.32 bits per heavy atom. The summed E-state index contributed by atoms with van der Waals surface area (Å²) in [5.41, 5.74) is 9.28. The second-order valence-electron chi connectivity index (χ2n) is 7.36. The third-order valence-corrected chi connectivity index (χ3v) is 5.75. The standard InChI is InChI=1S/C23H21ClN4O3/c1-14(29)15-7-9-16(10-8-15)26-22(30)20-18-13-27(23(25)31)12-11-19(18)28(21(20)24)17-5-3-2-4-6-17/h2-10H,11-13H2,1H3,(H2,25,31)(H,26,30). The van der Waals surface area contributed by atoms with Crippen molar-refractivity contribution in [3.8, 4) is 5.69 Å². The van der Waals surface area contributed by atoms with Crippen molar-refractivity contribution < 1.29 is 14.4 Å². The first-order chi connectivity index (χ1) is 14.9. The molecule has 2 heterocycles. The van der Waals surface area contributed by atoms with Crippen molar-refractivity contribution in [2.45, 2.75) is 19.9 Å². The Balaban J connectivity index is 1.76. The zero-order valence-corrected chi connectivity index (χ0v) is 17.6. The maximum absolute atomic E-state index is 13.2. The van der Waals surface area contributed by atoms with Crippen molar-refractivity contribution in [1.82, 2.24) is 9.47 Å². The van der Waals surface area contributed by atoms with Gasteiger partial charge in [0, 0.05) is 41.2 Å². The number of rotatable bonds is 4. The van der Waals surface area contributed by atoms with Gasteiger partial charge < -0.3 is 20.5 Å². The van der Waals surface area contributed by atoms with Crippen molar-refractivity contribution in [1.29, 1.82) is 0 Å². The number of hydrogen-bond donors (Lipinski definition) is 2. The molecule has 3 aromatic rings. The van der Waals surface area contributed by atoms with Crippen molar-refractivity contribution in [3.63, 3.8) is 0 Å². The summed E-state index contributed by atoms with van der Waals surface area (Å²) in [6, 6.07) is 15.6. The van der Waals surface area contributed by atoms with E-state index in [-0.39, 0.29) is 17.5 Å². The van der Waals surface area contributed by atoms with Crippen LogP contribution in [-0.4, -0.2) is 33.7 Å². The molecule has 158 valence electrons. The van der Waals surface area contributed by atoms with Crippen LogP contribution in [0.2, 0.25) is 5.15 Å². The van der Waals surface area contributed by atoms with E-state index < -0.39 is 11.9 Å². The predicted molar refractivity (Wildman–Crippen MR) is 119 cm³/mol. The number of para-hydroxylation sites is 1. The number of benzene rings is 2. The lowest BCUT2D eigenvalue weighted by Gasteiger charge is -2.27. The third kappa shape index (κ3) is 3.92. The van der Waals surface area contributed by atoms with E-state index in [1.54, 1.807) is 24.3 Å². The molecule has 0 aliphatic carbocycles. The van der Waals surface area contributed by atoms with E-state index >= 15 is 0 Å². The summed E-state index contributed by atoms with van der Waals surface area (Å²) in [6.45, 7) is 2.13. The highest BCUT2D eigenvalue weighted by atomic mass is 35.5. The van der Waals surface area contributed by atoms with Crippen LogP contribution in [-0.2, 0) is 13.0 Å². The molecule has 31 heavy (non-hydrogen) atoms. The van der Waals surface area contributed by atoms with Crippen molar-refractivity contribution >= 4 is 35.0 Å². The molecule has 7 nitrogen and oxygen atoms in total. The molecule has 0 bridgehead atoms. The molecular weight excluding hydrogens is 416 g/mol. The Hall–Kier alpha value is -3.58. The zero-order chi connectivity index (χ0) is 22.1. The molecule has 0 radical (unpaired) electrons. The lowest BCUT2D eigenvalue weighted by Crippen LogP contribution is -2.40. The second-order valence-corrected chi connectivity index (χ2v) is 7.72. The van der Waals surface area contributed by atoms with Gasteiger partial charge in [-0.15, -0.1) is 0 Å². The summed E-state index contributed by atoms with van der Waals surface area (Å²) in [4.78, 5) is 38.0. The predicted octanol–water partition coefficient (Wildman–Crippen LogP) is 4.02. The fourth-order valence-electron chi connectivity index (χ4n) is 3.82. The van der Waals surface area contributed by atoms with Gasteiger partial charge in [0.2, 0.25) is 0 Å². The number of fused-ring (bicyclic) bond motifs is 1. The number of aromatic nitrogens is 1. The van der Waals surface area contributed by atoms with Gasteiger partial charge in [-0.1, -0.05) is 29.8 Å². The van der Waals surface area contributed by atoms with Crippen molar-refractivity contribution in [2.75, 3.05) is 11.9 Å². The highest BCUT2D eigenvalue weighted by Crippen LogP contribution is 2.35. The number of nitrogens with zero attached hydrogens (tertiary/aromatic N) is 2. The molecule has 8 heteroatoms. The Bertz CT molecular complexity index is 1170. The minimum absolute atomic E-state index is 0.0542. The summed E-state index contributed by atoms with van der Waals surface area (Å²) in [7, 11) is 0. The lowest BCUT2D eigenvalue weighted by molar-refractivity contribution is 0.101. The molecule has 4 rings (SSSR count). The van der Waals surface area contributed by atoms with Gasteiger partial charge in [-0.2, -0.15) is 0 Å². The van der Waals surface area contributed by atoms with Gasteiger partial charge in [-0.25, -0.2) is 4.79 Å². The number of ketones is 1. The van der Waals surface area contributed by atoms with Crippen LogP contribution in [0.25, 0.3) is 5.69 Å². The Morgan fingerprint density at radius 1 is 1.03 bits per heavy atom. The summed E-state index contributed by atoms with van der Waals surface area (Å²) in [5, 5.41) is 3.12. The van der Waals surface area contributed by atoms with E-state index in [0.717, 1.165) is 11.4 Å². The molecule has 0 saturated heterocycles. The molecule has 0 saturated carbocycles. The van der Waals surface area contributed by atoms with Gasteiger partial charge in [0.1, 0.15) is 5.15 Å². The number of primary amides is 1. The smallest absolute Gasteiger partial charge is 0.315 e. The molecule has 1 aliphatic rings. The second kappa shape index (κ2) is 8.28. The molecule has 0 unspecified atom stereocenters. The molecule has 3 amide bonds. The maximum atomic E-state index is 13.2. The fourth-order valence-corrected chi connectivity index (χ4v) is 4.22. The SMILES string of the molecule is CC(=O)c1ccc(NC(=O)c2c3c(n(-c4ccccc4)c2Cl)CCN(C(N)=O)C3)cc1. The average Bonchev–Trinajstić information content (AvgIpc) is 3.05. The molecule has 0 spiro atoms.